The molecule has 1 saturated carbocycles. The van der Waals surface area contributed by atoms with Crippen molar-refractivity contribution in [2.75, 3.05) is 6.61 Å². The molecule has 0 aliphatic heterocycles. The molecular formula is C15H20N2O4. The van der Waals surface area contributed by atoms with Crippen LogP contribution in [-0.2, 0) is 9.53 Å². The van der Waals surface area contributed by atoms with Crippen LogP contribution in [0.3, 0.4) is 0 Å². The molecule has 1 N–H and O–H groups in total. The van der Waals surface area contributed by atoms with Gasteiger partial charge in [0.05, 0.1) is 0 Å². The zero-order chi connectivity index (χ0) is 15.2. The van der Waals surface area contributed by atoms with Gasteiger partial charge in [-0.3, -0.25) is 4.79 Å². The van der Waals surface area contributed by atoms with Gasteiger partial charge in [0.2, 0.25) is 0 Å². The highest BCUT2D eigenvalue weighted by molar-refractivity contribution is 5.88. The second kappa shape index (κ2) is 7.06. The lowest BCUT2D eigenvalue weighted by Crippen LogP contribution is -2.40. The van der Waals surface area contributed by atoms with Gasteiger partial charge >= 0.3 is 11.7 Å². The summed E-state index contributed by atoms with van der Waals surface area (Å²) in [4.78, 5) is 23.4. The third-order valence-electron chi connectivity index (χ3n) is 3.75. The minimum atomic E-state index is -0.794. The first-order valence-electron chi connectivity index (χ1n) is 7.21. The first kappa shape index (κ1) is 15.3. The Morgan fingerprint density at radius 1 is 1.33 bits per heavy atom. The molecule has 1 aromatic heterocycles. The summed E-state index contributed by atoms with van der Waals surface area (Å²) in [5, 5.41) is 14.2. The summed E-state index contributed by atoms with van der Waals surface area (Å²) in [5.74, 6) is -0.407. The van der Waals surface area contributed by atoms with Crippen molar-refractivity contribution >= 4 is 11.9 Å². The van der Waals surface area contributed by atoms with Gasteiger partial charge in [0.1, 0.15) is 0 Å². The molecule has 1 amide bonds. The highest BCUT2D eigenvalue weighted by Gasteiger charge is 2.22. The summed E-state index contributed by atoms with van der Waals surface area (Å²) < 4.78 is 5.28. The molecule has 1 aliphatic carbocycles. The Morgan fingerprint density at radius 2 is 2.05 bits per heavy atom. The molecule has 114 valence electrons. The molecule has 1 fully saturated rings. The zero-order valence-electron chi connectivity index (χ0n) is 12.1. The van der Waals surface area contributed by atoms with Crippen LogP contribution in [0.25, 0.3) is 0 Å². The lowest BCUT2D eigenvalue weighted by molar-refractivity contribution is -0.608. The van der Waals surface area contributed by atoms with Gasteiger partial charge in [-0.15, -0.1) is 0 Å². The third kappa shape index (κ3) is 4.44. The van der Waals surface area contributed by atoms with Crippen molar-refractivity contribution in [2.45, 2.75) is 38.6 Å². The monoisotopic (exact) mass is 292 g/mol. The van der Waals surface area contributed by atoms with Crippen molar-refractivity contribution in [2.24, 2.45) is 5.92 Å². The van der Waals surface area contributed by atoms with E-state index >= 15 is 0 Å². The Labute approximate surface area is 123 Å². The molecule has 21 heavy (non-hydrogen) atoms. The van der Waals surface area contributed by atoms with E-state index in [1.165, 1.54) is 18.3 Å². The smallest absolute Gasteiger partial charge is 0.405 e. The van der Waals surface area contributed by atoms with Crippen molar-refractivity contribution in [3.05, 3.63) is 35.3 Å². The van der Waals surface area contributed by atoms with Crippen molar-refractivity contribution in [3.8, 4) is 0 Å². The van der Waals surface area contributed by atoms with E-state index in [0.29, 0.717) is 10.6 Å². The van der Waals surface area contributed by atoms with Crippen LogP contribution >= 0.6 is 0 Å². The van der Waals surface area contributed by atoms with Crippen LogP contribution in [0.5, 0.6) is 0 Å². The summed E-state index contributed by atoms with van der Waals surface area (Å²) in [6.07, 6.45) is 5.33. The van der Waals surface area contributed by atoms with Crippen LogP contribution in [0.4, 0.5) is 0 Å². The van der Waals surface area contributed by atoms with E-state index in [9.17, 15) is 14.8 Å². The molecule has 0 radical (unpaired) electrons. The first-order chi connectivity index (χ1) is 10.1. The number of hydrogen-bond donors (Lipinski definition) is 1. The summed E-state index contributed by atoms with van der Waals surface area (Å²) in [5.41, 5.74) is -0.128. The number of esters is 1. The molecular weight excluding hydrogens is 272 g/mol. The average Bonchev–Trinajstić information content (AvgIpc) is 2.48. The van der Waals surface area contributed by atoms with Gasteiger partial charge in [0.25, 0.3) is 5.91 Å². The maximum Gasteiger partial charge on any atom is 0.405 e. The molecule has 0 saturated heterocycles. The predicted molar refractivity (Wildman–Crippen MR) is 75.2 cm³/mol. The van der Waals surface area contributed by atoms with Gasteiger partial charge in [0.15, 0.2) is 12.8 Å². The van der Waals surface area contributed by atoms with E-state index < -0.39 is 5.97 Å². The van der Waals surface area contributed by atoms with Gasteiger partial charge in [-0.25, -0.2) is 4.79 Å². The Balaban J connectivity index is 1.76. The first-order valence-corrected chi connectivity index (χ1v) is 7.21. The van der Waals surface area contributed by atoms with Crippen molar-refractivity contribution in [3.63, 3.8) is 0 Å². The largest absolute Gasteiger partial charge is 0.618 e. The van der Waals surface area contributed by atoms with E-state index in [1.807, 2.05) is 0 Å². The van der Waals surface area contributed by atoms with Crippen LogP contribution in [0, 0.1) is 11.1 Å². The van der Waals surface area contributed by atoms with Crippen LogP contribution < -0.4 is 10.0 Å². The molecule has 2 rings (SSSR count). The Kier molecular flexibility index (Phi) is 5.14. The summed E-state index contributed by atoms with van der Waals surface area (Å²) in [6.45, 7) is 1.84. The van der Waals surface area contributed by atoms with E-state index in [0.717, 1.165) is 25.7 Å². The van der Waals surface area contributed by atoms with Crippen molar-refractivity contribution in [1.29, 1.82) is 0 Å². The maximum atomic E-state index is 11.7. The van der Waals surface area contributed by atoms with Crippen LogP contribution in [0.2, 0.25) is 0 Å². The number of carbonyl (C=O) groups excluding carboxylic acids is 2. The van der Waals surface area contributed by atoms with Gasteiger partial charge in [-0.05, 0) is 37.7 Å². The van der Waals surface area contributed by atoms with Crippen LogP contribution in [-0.4, -0.2) is 24.5 Å². The van der Waals surface area contributed by atoms with Gasteiger partial charge in [-0.2, -0.15) is 4.73 Å². The molecule has 0 atom stereocenters. The Hall–Kier alpha value is -2.11. The molecule has 6 nitrogen and oxygen atoms in total. The van der Waals surface area contributed by atoms with Crippen LogP contribution in [0.15, 0.2) is 24.4 Å². The number of rotatable bonds is 4. The Bertz CT molecular complexity index is 510. The maximum absolute atomic E-state index is 11.7. The highest BCUT2D eigenvalue weighted by Crippen LogP contribution is 2.23. The number of carbonyl (C=O) groups is 2. The fraction of sp³-hybridized carbons (Fsp3) is 0.533. The number of nitrogens with zero attached hydrogens (tertiary/aromatic N) is 1. The average molecular weight is 292 g/mol. The number of hydrogen-bond acceptors (Lipinski definition) is 4. The minimum Gasteiger partial charge on any atom is -0.618 e. The van der Waals surface area contributed by atoms with E-state index in [1.54, 1.807) is 6.07 Å². The molecule has 1 aromatic rings. The highest BCUT2D eigenvalue weighted by atomic mass is 16.5. The topological polar surface area (TPSA) is 82.3 Å². The normalized spacial score (nSPS) is 21.6. The van der Waals surface area contributed by atoms with Gasteiger partial charge in [0, 0.05) is 18.2 Å². The number of amides is 1. The Morgan fingerprint density at radius 3 is 2.71 bits per heavy atom. The van der Waals surface area contributed by atoms with Crippen LogP contribution in [0.1, 0.15) is 43.1 Å². The number of pyridine rings is 1. The molecule has 0 unspecified atom stereocenters. The fourth-order valence-electron chi connectivity index (χ4n) is 2.47. The van der Waals surface area contributed by atoms with Gasteiger partial charge in [-0.1, -0.05) is 6.92 Å². The van der Waals surface area contributed by atoms with Gasteiger partial charge < -0.3 is 15.3 Å². The molecule has 0 aromatic carbocycles. The molecule has 6 heteroatoms. The second-order valence-corrected chi connectivity index (χ2v) is 5.51. The summed E-state index contributed by atoms with van der Waals surface area (Å²) in [7, 11) is 0. The molecule has 1 aliphatic rings. The lowest BCUT2D eigenvalue weighted by atomic mass is 9.87. The third-order valence-corrected chi connectivity index (χ3v) is 3.75. The number of aromatic nitrogens is 1. The standard InChI is InChI=1S/C15H20N2O4/c1-11-5-7-12(8-6-11)16-14(18)10-21-15(19)13-4-2-3-9-17(13)20/h2-4,9,11-12H,5-8,10H2,1H3,(H,16,18). The van der Waals surface area contributed by atoms with Crippen molar-refractivity contribution < 1.29 is 19.1 Å². The molecule has 0 bridgehead atoms. The zero-order valence-corrected chi connectivity index (χ0v) is 12.1. The lowest BCUT2D eigenvalue weighted by Gasteiger charge is -2.26. The minimum absolute atomic E-state index is 0.128. The van der Waals surface area contributed by atoms with E-state index in [2.05, 4.69) is 12.2 Å². The van der Waals surface area contributed by atoms with E-state index in [-0.39, 0.29) is 24.2 Å². The van der Waals surface area contributed by atoms with Crippen molar-refractivity contribution in [1.82, 2.24) is 5.32 Å². The second-order valence-electron chi connectivity index (χ2n) is 5.51. The fourth-order valence-corrected chi connectivity index (χ4v) is 2.47. The number of nitrogens with one attached hydrogen (secondary N) is 1. The summed E-state index contributed by atoms with van der Waals surface area (Å²) in [6, 6.07) is 4.60. The molecule has 1 heterocycles. The SMILES string of the molecule is CC1CCC(NC(=O)COC(=O)c2cccc[n+]2[O-])CC1. The quantitative estimate of drug-likeness (QED) is 0.513. The van der Waals surface area contributed by atoms with E-state index in [4.69, 9.17) is 4.74 Å². The summed E-state index contributed by atoms with van der Waals surface area (Å²) >= 11 is 0. The predicted octanol–water partition coefficient (Wildman–Crippen LogP) is 1.17. The number of ether oxygens (including phenoxy) is 1. The molecule has 0 spiro atoms.